The van der Waals surface area contributed by atoms with Crippen molar-refractivity contribution in [2.24, 2.45) is 0 Å². The molecule has 168 valence electrons. The van der Waals surface area contributed by atoms with Crippen LogP contribution in [0.3, 0.4) is 0 Å². The van der Waals surface area contributed by atoms with Crippen molar-refractivity contribution in [1.82, 2.24) is 4.90 Å². The van der Waals surface area contributed by atoms with Crippen LogP contribution in [0.5, 0.6) is 11.5 Å². The number of benzene rings is 2. The molecule has 7 nitrogen and oxygen atoms in total. The number of carbonyl (C=O) groups is 3. The Morgan fingerprint density at radius 2 is 1.88 bits per heavy atom. The number of methoxy groups -OCH3 is 1. The third kappa shape index (κ3) is 4.88. The Labute approximate surface area is 185 Å². The first kappa shape index (κ1) is 23.2. The maximum absolute atomic E-state index is 13.7. The summed E-state index contributed by atoms with van der Waals surface area (Å²) in [4.78, 5) is 37.7. The Morgan fingerprint density at radius 1 is 1.12 bits per heavy atom. The van der Waals surface area contributed by atoms with Gasteiger partial charge in [-0.3, -0.25) is 19.3 Å². The highest BCUT2D eigenvalue weighted by molar-refractivity contribution is 8.18. The Bertz CT molecular complexity index is 1120. The van der Waals surface area contributed by atoms with E-state index in [2.05, 4.69) is 0 Å². The average Bonchev–Trinajstić information content (AvgIpc) is 3.02. The van der Waals surface area contributed by atoms with Crippen LogP contribution in [-0.2, 0) is 9.59 Å². The Hall–Kier alpha value is -3.47. The molecule has 1 saturated heterocycles. The summed E-state index contributed by atoms with van der Waals surface area (Å²) in [6, 6.07) is 6.41. The number of carbonyl (C=O) groups excluding carboxylic acids is 3. The zero-order valence-electron chi connectivity index (χ0n) is 16.9. The molecule has 1 aliphatic heterocycles. The summed E-state index contributed by atoms with van der Waals surface area (Å²) in [5.41, 5.74) is -0.0499. The monoisotopic (exact) mass is 466 g/mol. The normalized spacial score (nSPS) is 14.8. The van der Waals surface area contributed by atoms with Gasteiger partial charge in [0.25, 0.3) is 11.1 Å². The largest absolute Gasteiger partial charge is 0.493 e. The summed E-state index contributed by atoms with van der Waals surface area (Å²) in [6.45, 7) is 1.46. The standard InChI is InChI=1S/C21H17F3N2O5S/c1-3-31-15-8-11(4-7-14(15)30-2)9-16-20(28)26(21(29)32-16)10-17(27)25-13-6-5-12(22)18(23)19(13)24/h4-9H,3,10H2,1-2H3,(H,25,27)/b16-9+. The third-order valence-corrected chi connectivity index (χ3v) is 5.18. The van der Waals surface area contributed by atoms with Gasteiger partial charge in [-0.2, -0.15) is 0 Å². The van der Waals surface area contributed by atoms with Crippen molar-refractivity contribution in [3.63, 3.8) is 0 Å². The van der Waals surface area contributed by atoms with E-state index >= 15 is 0 Å². The molecule has 0 atom stereocenters. The molecule has 1 heterocycles. The van der Waals surface area contributed by atoms with Gasteiger partial charge >= 0.3 is 0 Å². The minimum absolute atomic E-state index is 0.0643. The van der Waals surface area contributed by atoms with Crippen molar-refractivity contribution in [2.45, 2.75) is 6.92 Å². The van der Waals surface area contributed by atoms with Crippen LogP contribution in [0, 0.1) is 17.5 Å². The summed E-state index contributed by atoms with van der Waals surface area (Å²) < 4.78 is 50.7. The molecule has 0 spiro atoms. The lowest BCUT2D eigenvalue weighted by molar-refractivity contribution is -0.127. The van der Waals surface area contributed by atoms with E-state index in [1.807, 2.05) is 5.32 Å². The number of ether oxygens (including phenoxy) is 2. The minimum Gasteiger partial charge on any atom is -0.493 e. The first-order valence-electron chi connectivity index (χ1n) is 9.24. The van der Waals surface area contributed by atoms with Crippen LogP contribution in [0.25, 0.3) is 6.08 Å². The summed E-state index contributed by atoms with van der Waals surface area (Å²) >= 11 is 0.624. The quantitative estimate of drug-likeness (QED) is 0.487. The second-order valence-electron chi connectivity index (χ2n) is 6.38. The van der Waals surface area contributed by atoms with Crippen molar-refractivity contribution in [1.29, 1.82) is 0 Å². The van der Waals surface area contributed by atoms with Gasteiger partial charge in [0, 0.05) is 0 Å². The molecule has 0 aromatic heterocycles. The van der Waals surface area contributed by atoms with Gasteiger partial charge in [0.1, 0.15) is 6.54 Å². The first-order chi connectivity index (χ1) is 15.2. The fraction of sp³-hybridized carbons (Fsp3) is 0.190. The van der Waals surface area contributed by atoms with Gasteiger partial charge in [-0.05, 0) is 54.6 Å². The summed E-state index contributed by atoms with van der Waals surface area (Å²) in [6.07, 6.45) is 1.46. The smallest absolute Gasteiger partial charge is 0.294 e. The van der Waals surface area contributed by atoms with E-state index in [-0.39, 0.29) is 4.91 Å². The highest BCUT2D eigenvalue weighted by Crippen LogP contribution is 2.34. The van der Waals surface area contributed by atoms with Gasteiger partial charge in [0.15, 0.2) is 29.0 Å². The lowest BCUT2D eigenvalue weighted by Gasteiger charge is -2.13. The van der Waals surface area contributed by atoms with Crippen LogP contribution in [0.1, 0.15) is 12.5 Å². The van der Waals surface area contributed by atoms with Crippen LogP contribution in [0.2, 0.25) is 0 Å². The van der Waals surface area contributed by atoms with Crippen LogP contribution >= 0.6 is 11.8 Å². The molecule has 0 bridgehead atoms. The molecular formula is C21H17F3N2O5S. The number of thioether (sulfide) groups is 1. The fourth-order valence-electron chi connectivity index (χ4n) is 2.79. The lowest BCUT2D eigenvalue weighted by atomic mass is 10.2. The molecule has 2 aromatic rings. The molecule has 0 unspecified atom stereocenters. The second kappa shape index (κ2) is 9.77. The van der Waals surface area contributed by atoms with Gasteiger partial charge < -0.3 is 14.8 Å². The molecular weight excluding hydrogens is 449 g/mol. The topological polar surface area (TPSA) is 84.9 Å². The number of rotatable bonds is 7. The minimum atomic E-state index is -1.75. The number of amides is 3. The molecule has 0 aliphatic carbocycles. The van der Waals surface area contributed by atoms with E-state index in [1.165, 1.54) is 13.2 Å². The molecule has 3 amide bonds. The van der Waals surface area contributed by atoms with Gasteiger partial charge in [-0.1, -0.05) is 6.07 Å². The molecule has 1 N–H and O–H groups in total. The molecule has 1 fully saturated rings. The number of hydrogen-bond donors (Lipinski definition) is 1. The van der Waals surface area contributed by atoms with Gasteiger partial charge in [0.05, 0.1) is 24.3 Å². The van der Waals surface area contributed by atoms with Crippen molar-refractivity contribution in [3.05, 3.63) is 58.3 Å². The maximum atomic E-state index is 13.7. The number of anilines is 1. The van der Waals surface area contributed by atoms with Crippen LogP contribution in [0.15, 0.2) is 35.2 Å². The molecule has 11 heteroatoms. The van der Waals surface area contributed by atoms with Gasteiger partial charge in [-0.15, -0.1) is 0 Å². The van der Waals surface area contributed by atoms with E-state index in [1.54, 1.807) is 25.1 Å². The predicted octanol–water partition coefficient (Wildman–Crippen LogP) is 4.19. The summed E-state index contributed by atoms with van der Waals surface area (Å²) in [7, 11) is 1.49. The number of hydrogen-bond acceptors (Lipinski definition) is 6. The number of nitrogens with one attached hydrogen (secondary N) is 1. The first-order valence-corrected chi connectivity index (χ1v) is 10.1. The van der Waals surface area contributed by atoms with E-state index < -0.39 is 46.7 Å². The molecule has 3 rings (SSSR count). The van der Waals surface area contributed by atoms with Crippen LogP contribution < -0.4 is 14.8 Å². The Kier molecular flexibility index (Phi) is 7.08. The Morgan fingerprint density at radius 3 is 2.56 bits per heavy atom. The van der Waals surface area contributed by atoms with E-state index in [4.69, 9.17) is 9.47 Å². The van der Waals surface area contributed by atoms with Crippen LogP contribution in [-0.4, -0.2) is 42.2 Å². The number of nitrogens with zero attached hydrogens (tertiary/aromatic N) is 1. The van der Waals surface area contributed by atoms with Crippen LogP contribution in [0.4, 0.5) is 23.7 Å². The highest BCUT2D eigenvalue weighted by Gasteiger charge is 2.36. The molecule has 32 heavy (non-hydrogen) atoms. The zero-order valence-corrected chi connectivity index (χ0v) is 17.7. The molecule has 1 aliphatic rings. The second-order valence-corrected chi connectivity index (χ2v) is 7.38. The Balaban J connectivity index is 1.74. The number of halogens is 3. The highest BCUT2D eigenvalue weighted by atomic mass is 32.2. The predicted molar refractivity (Wildman–Crippen MR) is 112 cm³/mol. The average molecular weight is 466 g/mol. The molecule has 0 radical (unpaired) electrons. The third-order valence-electron chi connectivity index (χ3n) is 4.27. The van der Waals surface area contributed by atoms with Crippen molar-refractivity contribution in [3.8, 4) is 11.5 Å². The van der Waals surface area contributed by atoms with Crippen molar-refractivity contribution < 1.29 is 37.0 Å². The fourth-order valence-corrected chi connectivity index (χ4v) is 3.63. The number of imide groups is 1. The van der Waals surface area contributed by atoms with E-state index in [0.717, 1.165) is 6.07 Å². The van der Waals surface area contributed by atoms with Gasteiger partial charge in [0.2, 0.25) is 5.91 Å². The van der Waals surface area contributed by atoms with E-state index in [0.29, 0.717) is 46.4 Å². The van der Waals surface area contributed by atoms with Crippen molar-refractivity contribution in [2.75, 3.05) is 25.6 Å². The zero-order chi connectivity index (χ0) is 23.4. The lowest BCUT2D eigenvalue weighted by Crippen LogP contribution is -2.36. The summed E-state index contributed by atoms with van der Waals surface area (Å²) in [5.74, 6) is -5.48. The van der Waals surface area contributed by atoms with E-state index in [9.17, 15) is 27.6 Å². The molecule has 2 aromatic carbocycles. The summed E-state index contributed by atoms with van der Waals surface area (Å²) in [5, 5.41) is 1.31. The SMILES string of the molecule is CCOc1cc(/C=C2/SC(=O)N(CC(=O)Nc3ccc(F)c(F)c3F)C2=O)ccc1OC. The maximum Gasteiger partial charge on any atom is 0.294 e. The van der Waals surface area contributed by atoms with Crippen molar-refractivity contribution >= 4 is 40.6 Å². The molecule has 0 saturated carbocycles. The van der Waals surface area contributed by atoms with Gasteiger partial charge in [-0.25, -0.2) is 13.2 Å².